The van der Waals surface area contributed by atoms with Crippen LogP contribution in [0.3, 0.4) is 0 Å². The number of fused-ring (bicyclic) bond motifs is 3. The first-order valence-corrected chi connectivity index (χ1v) is 13.7. The minimum absolute atomic E-state index is 0.410. The van der Waals surface area contributed by atoms with Gasteiger partial charge in [-0.15, -0.1) is 0 Å². The van der Waals surface area contributed by atoms with E-state index in [1.54, 1.807) is 0 Å². The van der Waals surface area contributed by atoms with Gasteiger partial charge in [-0.1, -0.05) is 114 Å². The molecule has 1 aliphatic carbocycles. The predicted molar refractivity (Wildman–Crippen MR) is 142 cm³/mol. The van der Waals surface area contributed by atoms with Crippen LogP contribution in [0, 0.1) is 0 Å². The molecule has 4 nitrogen and oxygen atoms in total. The molecule has 2 N–H and O–H groups in total. The number of unbranched alkanes of at least 4 members (excludes halogenated alkanes) is 10. The monoisotopic (exact) mass is 478 g/mol. The summed E-state index contributed by atoms with van der Waals surface area (Å²) in [7, 11) is 0. The van der Waals surface area contributed by atoms with E-state index >= 15 is 0 Å². The van der Waals surface area contributed by atoms with Crippen LogP contribution in [0.15, 0.2) is 36.4 Å². The lowest BCUT2D eigenvalue weighted by molar-refractivity contribution is -0.154. The van der Waals surface area contributed by atoms with E-state index < -0.39 is 17.4 Å². The van der Waals surface area contributed by atoms with Crippen LogP contribution in [0.4, 0.5) is 0 Å². The van der Waals surface area contributed by atoms with Crippen LogP contribution in [-0.2, 0) is 27.8 Å². The van der Waals surface area contributed by atoms with Gasteiger partial charge in [0.15, 0.2) is 0 Å². The van der Waals surface area contributed by atoms with Crippen LogP contribution >= 0.6 is 0 Å². The van der Waals surface area contributed by atoms with Crippen molar-refractivity contribution in [2.45, 2.75) is 109 Å². The Labute approximate surface area is 210 Å². The van der Waals surface area contributed by atoms with Crippen molar-refractivity contribution in [1.82, 2.24) is 0 Å². The van der Waals surface area contributed by atoms with Gasteiger partial charge in [0.2, 0.25) is 5.41 Å². The van der Waals surface area contributed by atoms with E-state index in [1.807, 2.05) is 36.4 Å². The quantitative estimate of drug-likeness (QED) is 0.190. The van der Waals surface area contributed by atoms with Gasteiger partial charge in [-0.2, -0.15) is 0 Å². The lowest BCUT2D eigenvalue weighted by Crippen LogP contribution is -2.43. The molecule has 0 radical (unpaired) electrons. The van der Waals surface area contributed by atoms with Gasteiger partial charge in [0.25, 0.3) is 0 Å². The lowest BCUT2D eigenvalue weighted by atomic mass is 9.77. The molecule has 0 atom stereocenters. The highest BCUT2D eigenvalue weighted by Gasteiger charge is 2.56. The van der Waals surface area contributed by atoms with E-state index in [0.717, 1.165) is 60.8 Å². The number of hydrogen-bond acceptors (Lipinski definition) is 2. The zero-order chi connectivity index (χ0) is 25.3. The summed E-state index contributed by atoms with van der Waals surface area (Å²) >= 11 is 0. The van der Waals surface area contributed by atoms with Crippen molar-refractivity contribution in [2.24, 2.45) is 0 Å². The van der Waals surface area contributed by atoms with Crippen LogP contribution in [0.25, 0.3) is 11.1 Å². The highest BCUT2D eigenvalue weighted by molar-refractivity contribution is 6.14. The third kappa shape index (κ3) is 5.97. The second kappa shape index (κ2) is 12.9. The molecule has 3 rings (SSSR count). The standard InChI is InChI=1S/C31H42O4/c1-3-5-7-9-11-13-15-23-17-19-25-26-20-18-24(16-14-12-10-8-6-4-2)22-28(26)31(29(32)33,30(34)35)27(25)21-23/h17-22H,3-16H2,1-2H3,(H,32,33)(H,34,35). The van der Waals surface area contributed by atoms with Gasteiger partial charge in [-0.25, -0.2) is 0 Å². The van der Waals surface area contributed by atoms with Crippen molar-refractivity contribution in [2.75, 3.05) is 0 Å². The molecule has 0 fully saturated rings. The van der Waals surface area contributed by atoms with Gasteiger partial charge in [0.05, 0.1) is 0 Å². The highest BCUT2D eigenvalue weighted by atomic mass is 16.4. The summed E-state index contributed by atoms with van der Waals surface area (Å²) in [5.41, 5.74) is 2.29. The largest absolute Gasteiger partial charge is 0.480 e. The molecule has 2 aromatic rings. The number of aliphatic carboxylic acids is 2. The summed E-state index contributed by atoms with van der Waals surface area (Å²) in [6.45, 7) is 4.41. The Bertz CT molecular complexity index is 926. The molecule has 0 unspecified atom stereocenters. The molecule has 0 saturated carbocycles. The zero-order valence-corrected chi connectivity index (χ0v) is 21.6. The topological polar surface area (TPSA) is 74.6 Å². The molecule has 0 heterocycles. The van der Waals surface area contributed by atoms with E-state index in [0.29, 0.717) is 11.1 Å². The normalized spacial score (nSPS) is 13.4. The van der Waals surface area contributed by atoms with E-state index in [9.17, 15) is 19.8 Å². The van der Waals surface area contributed by atoms with Crippen molar-refractivity contribution < 1.29 is 19.8 Å². The molecular weight excluding hydrogens is 436 g/mol. The van der Waals surface area contributed by atoms with E-state index in [1.165, 1.54) is 51.4 Å². The van der Waals surface area contributed by atoms with Crippen molar-refractivity contribution in [3.05, 3.63) is 58.7 Å². The lowest BCUT2D eigenvalue weighted by Gasteiger charge is -2.23. The van der Waals surface area contributed by atoms with Crippen molar-refractivity contribution in [3.8, 4) is 11.1 Å². The highest BCUT2D eigenvalue weighted by Crippen LogP contribution is 2.50. The first-order valence-electron chi connectivity index (χ1n) is 13.7. The van der Waals surface area contributed by atoms with Gasteiger partial charge in [0.1, 0.15) is 0 Å². The first kappa shape index (κ1) is 27.0. The molecule has 1 aliphatic rings. The van der Waals surface area contributed by atoms with Gasteiger partial charge in [0, 0.05) is 0 Å². The summed E-state index contributed by atoms with van der Waals surface area (Å²) in [5, 5.41) is 20.6. The molecule has 0 saturated heterocycles. The number of carboxylic acid groups (broad SMARTS) is 2. The maximum atomic E-state index is 12.7. The minimum Gasteiger partial charge on any atom is -0.480 e. The second-order valence-corrected chi connectivity index (χ2v) is 10.2. The first-order chi connectivity index (χ1) is 17.0. The summed E-state index contributed by atoms with van der Waals surface area (Å²) < 4.78 is 0. The van der Waals surface area contributed by atoms with Gasteiger partial charge < -0.3 is 10.2 Å². The van der Waals surface area contributed by atoms with Crippen LogP contribution < -0.4 is 0 Å². The Kier molecular flexibility index (Phi) is 9.94. The molecule has 0 amide bonds. The summed E-state index contributed by atoms with van der Waals surface area (Å²) in [5.74, 6) is -2.61. The molecule has 0 aromatic heterocycles. The van der Waals surface area contributed by atoms with Gasteiger partial charge in [-0.05, 0) is 59.1 Å². The van der Waals surface area contributed by atoms with E-state index in [4.69, 9.17) is 0 Å². The Hall–Kier alpha value is -2.62. The third-order valence-corrected chi connectivity index (χ3v) is 7.55. The molecule has 0 spiro atoms. The van der Waals surface area contributed by atoms with Crippen LogP contribution in [0.5, 0.6) is 0 Å². The maximum Gasteiger partial charge on any atom is 0.330 e. The number of hydrogen-bond donors (Lipinski definition) is 2. The predicted octanol–water partition coefficient (Wildman–Crippen LogP) is 7.93. The SMILES string of the molecule is CCCCCCCCc1ccc2c(c1)C(C(=O)O)(C(=O)O)c1cc(CCCCCCCC)ccc1-2. The molecule has 4 heteroatoms. The minimum atomic E-state index is -2.04. The van der Waals surface area contributed by atoms with Crippen molar-refractivity contribution in [1.29, 1.82) is 0 Å². The van der Waals surface area contributed by atoms with Crippen molar-refractivity contribution in [3.63, 3.8) is 0 Å². The molecule has 0 aliphatic heterocycles. The van der Waals surface area contributed by atoms with Gasteiger partial charge in [-0.3, -0.25) is 9.59 Å². The fourth-order valence-electron chi connectivity index (χ4n) is 5.50. The van der Waals surface area contributed by atoms with Crippen LogP contribution in [0.1, 0.15) is 113 Å². The third-order valence-electron chi connectivity index (χ3n) is 7.55. The van der Waals surface area contributed by atoms with E-state index in [2.05, 4.69) is 13.8 Å². The zero-order valence-electron chi connectivity index (χ0n) is 21.6. The smallest absolute Gasteiger partial charge is 0.330 e. The Morgan fingerprint density at radius 2 is 0.971 bits per heavy atom. The fourth-order valence-corrected chi connectivity index (χ4v) is 5.50. The Morgan fingerprint density at radius 3 is 1.34 bits per heavy atom. The molecule has 35 heavy (non-hydrogen) atoms. The second-order valence-electron chi connectivity index (χ2n) is 10.2. The molecule has 0 bridgehead atoms. The van der Waals surface area contributed by atoms with Crippen molar-refractivity contribution >= 4 is 11.9 Å². The van der Waals surface area contributed by atoms with Crippen LogP contribution in [-0.4, -0.2) is 22.2 Å². The fraction of sp³-hybridized carbons (Fsp3) is 0.548. The maximum absolute atomic E-state index is 12.7. The number of aryl methyl sites for hydroxylation is 2. The average Bonchev–Trinajstić information content (AvgIpc) is 3.13. The van der Waals surface area contributed by atoms with Crippen LogP contribution in [0.2, 0.25) is 0 Å². The number of rotatable bonds is 16. The molecule has 190 valence electrons. The molecule has 2 aromatic carbocycles. The van der Waals surface area contributed by atoms with E-state index in [-0.39, 0.29) is 0 Å². The van der Waals surface area contributed by atoms with Gasteiger partial charge >= 0.3 is 11.9 Å². The molecular formula is C31H42O4. The average molecular weight is 479 g/mol. The Morgan fingerprint density at radius 1 is 0.600 bits per heavy atom. The summed E-state index contributed by atoms with van der Waals surface area (Å²) in [4.78, 5) is 25.3. The number of carboxylic acids is 2. The summed E-state index contributed by atoms with van der Waals surface area (Å²) in [6, 6.07) is 11.6. The Balaban J connectivity index is 1.83. The summed E-state index contributed by atoms with van der Waals surface area (Å²) in [6.07, 6.45) is 15.9. The number of carbonyl (C=O) groups is 2. The number of benzene rings is 2.